The Morgan fingerprint density at radius 2 is 1.12 bits per heavy atom. The second-order valence-electron chi connectivity index (χ2n) is 6.18. The van der Waals surface area contributed by atoms with E-state index >= 15 is 0 Å². The topological polar surface area (TPSA) is 43.2 Å². The van der Waals surface area contributed by atoms with Gasteiger partial charge in [0.25, 0.3) is 0 Å². The van der Waals surface area contributed by atoms with Gasteiger partial charge in [0.2, 0.25) is 6.79 Å². The van der Waals surface area contributed by atoms with Gasteiger partial charge in [-0.05, 0) is 62.1 Å². The summed E-state index contributed by atoms with van der Waals surface area (Å²) in [4.78, 5) is 8.23. The van der Waals surface area contributed by atoms with Crippen molar-refractivity contribution in [3.05, 3.63) is 57.6 Å². The predicted octanol–water partition coefficient (Wildman–Crippen LogP) is 4.43. The number of ether oxygens (including phenoxy) is 2. The van der Waals surface area contributed by atoms with Gasteiger partial charge in [-0.25, -0.2) is 0 Å². The Labute approximate surface area is 150 Å². The zero-order valence-electron chi connectivity index (χ0n) is 15.9. The molecule has 0 aliphatic rings. The van der Waals surface area contributed by atoms with Crippen LogP contribution in [-0.2, 0) is 0 Å². The largest absolute Gasteiger partial charge is 0.457 e. The van der Waals surface area contributed by atoms with Crippen LogP contribution < -0.4 is 9.47 Å². The van der Waals surface area contributed by atoms with Gasteiger partial charge in [-0.2, -0.15) is 0 Å². The second-order valence-corrected chi connectivity index (χ2v) is 6.18. The maximum Gasteiger partial charge on any atom is 0.230 e. The van der Waals surface area contributed by atoms with E-state index in [2.05, 4.69) is 48.1 Å². The first-order valence-corrected chi connectivity index (χ1v) is 8.28. The van der Waals surface area contributed by atoms with E-state index in [4.69, 9.17) is 9.47 Å². The summed E-state index contributed by atoms with van der Waals surface area (Å²) in [7, 11) is 3.51. The van der Waals surface area contributed by atoms with E-state index in [9.17, 15) is 0 Å². The summed E-state index contributed by atoms with van der Waals surface area (Å²) in [6.07, 6.45) is 3.61. The standard InChI is InChI=1S/C21H26N2O2/c1-14-7-16(3)20(18(9-14)11-22-5)24-13-25-21-17(4)8-15(2)10-19(21)12-23-6/h7-12H,13H2,1-6H3. The Bertz CT molecular complexity index is 741. The van der Waals surface area contributed by atoms with Gasteiger partial charge in [-0.15, -0.1) is 0 Å². The van der Waals surface area contributed by atoms with Crippen LogP contribution in [0.15, 0.2) is 34.3 Å². The number of benzene rings is 2. The fraction of sp³-hybridized carbons (Fsp3) is 0.333. The Morgan fingerprint density at radius 1 is 0.720 bits per heavy atom. The molecule has 0 fully saturated rings. The van der Waals surface area contributed by atoms with Crippen molar-refractivity contribution in [2.45, 2.75) is 27.7 Å². The molecule has 25 heavy (non-hydrogen) atoms. The zero-order valence-corrected chi connectivity index (χ0v) is 15.9. The van der Waals surface area contributed by atoms with Crippen molar-refractivity contribution in [1.82, 2.24) is 0 Å². The number of aliphatic imine (C=N–C) groups is 2. The third kappa shape index (κ3) is 4.69. The average Bonchev–Trinajstić information content (AvgIpc) is 2.52. The van der Waals surface area contributed by atoms with Crippen LogP contribution in [0.3, 0.4) is 0 Å². The van der Waals surface area contributed by atoms with E-state index in [1.165, 1.54) is 11.1 Å². The quantitative estimate of drug-likeness (QED) is 0.577. The van der Waals surface area contributed by atoms with Crippen molar-refractivity contribution in [3.8, 4) is 11.5 Å². The molecule has 2 aromatic rings. The summed E-state index contributed by atoms with van der Waals surface area (Å²) in [5.74, 6) is 1.60. The van der Waals surface area contributed by atoms with Crippen molar-refractivity contribution >= 4 is 12.4 Å². The van der Waals surface area contributed by atoms with Gasteiger partial charge in [-0.3, -0.25) is 9.98 Å². The molecule has 0 unspecified atom stereocenters. The van der Waals surface area contributed by atoms with Crippen LogP contribution in [0.2, 0.25) is 0 Å². The molecule has 2 rings (SSSR count). The highest BCUT2D eigenvalue weighted by Gasteiger charge is 2.10. The number of hydrogen-bond donors (Lipinski definition) is 0. The smallest absolute Gasteiger partial charge is 0.230 e. The molecule has 2 aromatic carbocycles. The average molecular weight is 338 g/mol. The molecule has 0 bridgehead atoms. The lowest BCUT2D eigenvalue weighted by Crippen LogP contribution is -2.10. The van der Waals surface area contributed by atoms with Crippen LogP contribution in [-0.4, -0.2) is 33.3 Å². The molecule has 0 radical (unpaired) electrons. The molecule has 4 nitrogen and oxygen atoms in total. The molecule has 0 amide bonds. The van der Waals surface area contributed by atoms with Crippen LogP contribution in [0.4, 0.5) is 0 Å². The Morgan fingerprint density at radius 3 is 1.48 bits per heavy atom. The normalized spacial score (nSPS) is 11.4. The van der Waals surface area contributed by atoms with E-state index in [1.54, 1.807) is 14.1 Å². The summed E-state index contributed by atoms with van der Waals surface area (Å²) in [6.45, 7) is 8.31. The highest BCUT2D eigenvalue weighted by Crippen LogP contribution is 2.27. The molecule has 4 heteroatoms. The lowest BCUT2D eigenvalue weighted by molar-refractivity contribution is 0.118. The number of aryl methyl sites for hydroxylation is 4. The van der Waals surface area contributed by atoms with Crippen LogP contribution in [0.25, 0.3) is 0 Å². The van der Waals surface area contributed by atoms with Gasteiger partial charge >= 0.3 is 0 Å². The molecular weight excluding hydrogens is 312 g/mol. The molecule has 0 atom stereocenters. The van der Waals surface area contributed by atoms with Crippen LogP contribution in [0, 0.1) is 27.7 Å². The molecular formula is C21H26N2O2. The Balaban J connectivity index is 2.22. The Kier molecular flexibility index (Phi) is 6.34. The van der Waals surface area contributed by atoms with Crippen LogP contribution >= 0.6 is 0 Å². The van der Waals surface area contributed by atoms with Gasteiger partial charge in [0.15, 0.2) is 0 Å². The second kappa shape index (κ2) is 8.47. The minimum atomic E-state index is 0.128. The lowest BCUT2D eigenvalue weighted by atomic mass is 10.1. The molecule has 0 aliphatic heterocycles. The van der Waals surface area contributed by atoms with Crippen molar-refractivity contribution in [1.29, 1.82) is 0 Å². The highest BCUT2D eigenvalue weighted by molar-refractivity contribution is 5.85. The molecule has 0 saturated carbocycles. The first-order chi connectivity index (χ1) is 12.0. The van der Waals surface area contributed by atoms with Crippen LogP contribution in [0.1, 0.15) is 33.4 Å². The van der Waals surface area contributed by atoms with Crippen molar-refractivity contribution in [2.24, 2.45) is 9.98 Å². The Hall–Kier alpha value is -2.62. The zero-order chi connectivity index (χ0) is 18.4. The maximum atomic E-state index is 5.94. The third-order valence-electron chi connectivity index (χ3n) is 3.84. The minimum absolute atomic E-state index is 0.128. The predicted molar refractivity (Wildman–Crippen MR) is 105 cm³/mol. The van der Waals surface area contributed by atoms with Crippen LogP contribution in [0.5, 0.6) is 11.5 Å². The summed E-state index contributed by atoms with van der Waals surface area (Å²) < 4.78 is 11.9. The molecule has 0 spiro atoms. The summed E-state index contributed by atoms with van der Waals surface area (Å²) in [5.41, 5.74) is 6.40. The first-order valence-electron chi connectivity index (χ1n) is 8.28. The molecule has 0 heterocycles. The molecule has 0 aromatic heterocycles. The van der Waals surface area contributed by atoms with E-state index in [1.807, 2.05) is 26.3 Å². The SMILES string of the molecule is CN=Cc1cc(C)cc(C)c1OCOc1c(C)cc(C)cc1C=NC. The third-order valence-corrected chi connectivity index (χ3v) is 3.84. The first kappa shape index (κ1) is 18.7. The monoisotopic (exact) mass is 338 g/mol. The number of hydrogen-bond acceptors (Lipinski definition) is 4. The van der Waals surface area contributed by atoms with Gasteiger partial charge in [0.05, 0.1) is 0 Å². The van der Waals surface area contributed by atoms with E-state index in [0.717, 1.165) is 33.8 Å². The molecule has 0 aliphatic carbocycles. The number of rotatable bonds is 6. The van der Waals surface area contributed by atoms with Gasteiger partial charge < -0.3 is 9.47 Å². The summed E-state index contributed by atoms with van der Waals surface area (Å²) in [6, 6.07) is 8.30. The van der Waals surface area contributed by atoms with Gasteiger partial charge in [0, 0.05) is 37.7 Å². The van der Waals surface area contributed by atoms with Crippen molar-refractivity contribution < 1.29 is 9.47 Å². The molecule has 0 saturated heterocycles. The van der Waals surface area contributed by atoms with E-state index in [-0.39, 0.29) is 6.79 Å². The lowest BCUT2D eigenvalue weighted by Gasteiger charge is -2.16. The fourth-order valence-corrected chi connectivity index (χ4v) is 2.99. The highest BCUT2D eigenvalue weighted by atomic mass is 16.7. The van der Waals surface area contributed by atoms with E-state index < -0.39 is 0 Å². The molecule has 132 valence electrons. The summed E-state index contributed by atoms with van der Waals surface area (Å²) >= 11 is 0. The molecule has 0 N–H and O–H groups in total. The minimum Gasteiger partial charge on any atom is -0.457 e. The van der Waals surface area contributed by atoms with E-state index in [0.29, 0.717) is 0 Å². The van der Waals surface area contributed by atoms with Gasteiger partial charge in [-0.1, -0.05) is 12.1 Å². The van der Waals surface area contributed by atoms with Crippen molar-refractivity contribution in [2.75, 3.05) is 20.9 Å². The maximum absolute atomic E-state index is 5.94. The number of nitrogens with zero attached hydrogens (tertiary/aromatic N) is 2. The van der Waals surface area contributed by atoms with Crippen molar-refractivity contribution in [3.63, 3.8) is 0 Å². The fourth-order valence-electron chi connectivity index (χ4n) is 2.99. The van der Waals surface area contributed by atoms with Gasteiger partial charge in [0.1, 0.15) is 11.5 Å². The summed E-state index contributed by atoms with van der Waals surface area (Å²) in [5, 5.41) is 0.